The Hall–Kier alpha value is -1.74. The van der Waals surface area contributed by atoms with Gasteiger partial charge in [0.15, 0.2) is 0 Å². The number of nitrogens with one attached hydrogen (secondary N) is 1. The van der Waals surface area contributed by atoms with Gasteiger partial charge in [0.25, 0.3) is 0 Å². The fourth-order valence-electron chi connectivity index (χ4n) is 2.87. The summed E-state index contributed by atoms with van der Waals surface area (Å²) in [6.45, 7) is 3.74. The van der Waals surface area contributed by atoms with Crippen LogP contribution in [0.1, 0.15) is 16.7 Å². The minimum absolute atomic E-state index is 0.0477. The van der Waals surface area contributed by atoms with Crippen molar-refractivity contribution >= 4 is 0 Å². The topological polar surface area (TPSA) is 12.0 Å². The average Bonchev–Trinajstić information content (AvgIpc) is 2.34. The molecule has 20 heavy (non-hydrogen) atoms. The normalized spacial score (nSPS) is 16.8. The summed E-state index contributed by atoms with van der Waals surface area (Å²) in [4.78, 5) is 0. The van der Waals surface area contributed by atoms with Gasteiger partial charge in [0, 0.05) is 24.6 Å². The zero-order valence-corrected chi connectivity index (χ0v) is 11.4. The molecular formula is C17H17F2N. The van der Waals surface area contributed by atoms with E-state index in [9.17, 15) is 8.78 Å². The lowest BCUT2D eigenvalue weighted by Crippen LogP contribution is -2.58. The maximum absolute atomic E-state index is 13.3. The minimum atomic E-state index is -0.508. The largest absolute Gasteiger partial charge is 0.315 e. The predicted octanol–water partition coefficient (Wildman–Crippen LogP) is 3.36. The highest BCUT2D eigenvalue weighted by Gasteiger charge is 2.38. The summed E-state index contributed by atoms with van der Waals surface area (Å²) in [7, 11) is 0. The van der Waals surface area contributed by atoms with E-state index in [0.717, 1.165) is 19.2 Å². The molecule has 1 aliphatic heterocycles. The van der Waals surface area contributed by atoms with Gasteiger partial charge in [0.2, 0.25) is 0 Å². The van der Waals surface area contributed by atoms with Crippen LogP contribution in [0.4, 0.5) is 8.78 Å². The van der Waals surface area contributed by atoms with Crippen LogP contribution in [-0.2, 0) is 11.8 Å². The molecule has 0 radical (unpaired) electrons. The van der Waals surface area contributed by atoms with Gasteiger partial charge < -0.3 is 5.32 Å². The van der Waals surface area contributed by atoms with Crippen LogP contribution < -0.4 is 5.32 Å². The number of rotatable bonds is 3. The Morgan fingerprint density at radius 1 is 1.00 bits per heavy atom. The van der Waals surface area contributed by atoms with Gasteiger partial charge in [-0.1, -0.05) is 29.8 Å². The first kappa shape index (κ1) is 13.3. The summed E-state index contributed by atoms with van der Waals surface area (Å²) >= 11 is 0. The molecule has 3 heteroatoms. The van der Waals surface area contributed by atoms with E-state index in [0.29, 0.717) is 12.0 Å². The molecule has 1 aliphatic rings. The third-order valence-electron chi connectivity index (χ3n) is 4.06. The van der Waals surface area contributed by atoms with Gasteiger partial charge in [0.1, 0.15) is 11.6 Å². The van der Waals surface area contributed by atoms with Crippen LogP contribution in [-0.4, -0.2) is 13.1 Å². The van der Waals surface area contributed by atoms with Gasteiger partial charge in [-0.05, 0) is 36.6 Å². The van der Waals surface area contributed by atoms with E-state index < -0.39 is 11.6 Å². The third-order valence-corrected chi connectivity index (χ3v) is 4.06. The van der Waals surface area contributed by atoms with Crippen molar-refractivity contribution in [3.05, 3.63) is 70.8 Å². The first-order chi connectivity index (χ1) is 9.57. The Labute approximate surface area is 117 Å². The van der Waals surface area contributed by atoms with Crippen LogP contribution in [0, 0.1) is 18.6 Å². The molecule has 0 aliphatic carbocycles. The SMILES string of the molecule is Cc1ccc(C2(Cc3cc(F)cc(F)c3)CNC2)cc1. The van der Waals surface area contributed by atoms with Crippen molar-refractivity contribution in [1.82, 2.24) is 5.32 Å². The van der Waals surface area contributed by atoms with Gasteiger partial charge in [-0.3, -0.25) is 0 Å². The molecule has 1 N–H and O–H groups in total. The first-order valence-corrected chi connectivity index (χ1v) is 6.80. The summed E-state index contributed by atoms with van der Waals surface area (Å²) in [5.41, 5.74) is 3.11. The smallest absolute Gasteiger partial charge is 0.126 e. The Bertz CT molecular complexity index is 595. The third kappa shape index (κ3) is 2.46. The van der Waals surface area contributed by atoms with Crippen molar-refractivity contribution in [2.45, 2.75) is 18.8 Å². The summed E-state index contributed by atoms with van der Waals surface area (Å²) in [6.07, 6.45) is 0.651. The monoisotopic (exact) mass is 273 g/mol. The highest BCUT2D eigenvalue weighted by Crippen LogP contribution is 2.33. The van der Waals surface area contributed by atoms with Crippen molar-refractivity contribution in [3.63, 3.8) is 0 Å². The van der Waals surface area contributed by atoms with Gasteiger partial charge in [-0.2, -0.15) is 0 Å². The van der Waals surface area contributed by atoms with Crippen LogP contribution in [0.25, 0.3) is 0 Å². The van der Waals surface area contributed by atoms with Crippen molar-refractivity contribution in [2.75, 3.05) is 13.1 Å². The van der Waals surface area contributed by atoms with E-state index in [1.54, 1.807) is 0 Å². The predicted molar refractivity (Wildman–Crippen MR) is 75.8 cm³/mol. The van der Waals surface area contributed by atoms with E-state index in [1.165, 1.54) is 23.3 Å². The summed E-state index contributed by atoms with van der Waals surface area (Å²) in [6, 6.07) is 12.2. The van der Waals surface area contributed by atoms with Crippen molar-refractivity contribution in [3.8, 4) is 0 Å². The van der Waals surface area contributed by atoms with E-state index >= 15 is 0 Å². The van der Waals surface area contributed by atoms with Gasteiger partial charge in [-0.15, -0.1) is 0 Å². The molecule has 0 unspecified atom stereocenters. The van der Waals surface area contributed by atoms with Crippen LogP contribution in [0.3, 0.4) is 0 Å². The number of hydrogen-bond donors (Lipinski definition) is 1. The molecule has 0 atom stereocenters. The molecule has 2 aromatic carbocycles. The zero-order valence-electron chi connectivity index (χ0n) is 11.4. The molecule has 0 saturated carbocycles. The molecule has 1 fully saturated rings. The molecule has 1 heterocycles. The van der Waals surface area contributed by atoms with Crippen LogP contribution in [0.2, 0.25) is 0 Å². The Morgan fingerprint density at radius 3 is 2.10 bits per heavy atom. The van der Waals surface area contributed by atoms with E-state index in [2.05, 4.69) is 36.5 Å². The number of benzene rings is 2. The molecule has 0 bridgehead atoms. The minimum Gasteiger partial charge on any atom is -0.315 e. The quantitative estimate of drug-likeness (QED) is 0.904. The lowest BCUT2D eigenvalue weighted by molar-refractivity contribution is 0.274. The average molecular weight is 273 g/mol. The van der Waals surface area contributed by atoms with E-state index in [1.807, 2.05) is 0 Å². The van der Waals surface area contributed by atoms with Crippen molar-refractivity contribution < 1.29 is 8.78 Å². The molecule has 0 spiro atoms. The lowest BCUT2D eigenvalue weighted by atomic mass is 9.71. The fourth-order valence-corrected chi connectivity index (χ4v) is 2.87. The maximum atomic E-state index is 13.3. The highest BCUT2D eigenvalue weighted by molar-refractivity contribution is 5.35. The maximum Gasteiger partial charge on any atom is 0.126 e. The molecule has 1 nitrogen and oxygen atoms in total. The molecule has 2 aromatic rings. The lowest BCUT2D eigenvalue weighted by Gasteiger charge is -2.43. The summed E-state index contributed by atoms with van der Waals surface area (Å²) in [5.74, 6) is -1.02. The van der Waals surface area contributed by atoms with Crippen molar-refractivity contribution in [2.24, 2.45) is 0 Å². The second-order valence-electron chi connectivity index (χ2n) is 5.70. The first-order valence-electron chi connectivity index (χ1n) is 6.80. The Kier molecular flexibility index (Phi) is 3.30. The standard InChI is InChI=1S/C17H17F2N/c1-12-2-4-14(5-3-12)17(10-20-11-17)9-13-6-15(18)8-16(19)7-13/h2-8,20H,9-11H2,1H3. The van der Waals surface area contributed by atoms with Crippen LogP contribution >= 0.6 is 0 Å². The number of aryl methyl sites for hydroxylation is 1. The summed E-state index contributed by atoms with van der Waals surface area (Å²) in [5, 5.41) is 3.28. The van der Waals surface area contributed by atoms with E-state index in [-0.39, 0.29) is 5.41 Å². The molecule has 0 amide bonds. The zero-order chi connectivity index (χ0) is 14.2. The number of hydrogen-bond acceptors (Lipinski definition) is 1. The molecule has 3 rings (SSSR count). The van der Waals surface area contributed by atoms with Gasteiger partial charge >= 0.3 is 0 Å². The van der Waals surface area contributed by atoms with Gasteiger partial charge in [0.05, 0.1) is 0 Å². The second kappa shape index (κ2) is 4.98. The molecular weight excluding hydrogens is 256 g/mol. The van der Waals surface area contributed by atoms with Crippen LogP contribution in [0.15, 0.2) is 42.5 Å². The van der Waals surface area contributed by atoms with E-state index in [4.69, 9.17) is 0 Å². The number of halogens is 2. The highest BCUT2D eigenvalue weighted by atomic mass is 19.1. The van der Waals surface area contributed by atoms with Gasteiger partial charge in [-0.25, -0.2) is 8.78 Å². The molecule has 104 valence electrons. The fraction of sp³-hybridized carbons (Fsp3) is 0.294. The molecule has 1 saturated heterocycles. The second-order valence-corrected chi connectivity index (χ2v) is 5.70. The van der Waals surface area contributed by atoms with Crippen LogP contribution in [0.5, 0.6) is 0 Å². The Balaban J connectivity index is 1.91. The molecule has 0 aromatic heterocycles. The Morgan fingerprint density at radius 2 is 1.60 bits per heavy atom. The van der Waals surface area contributed by atoms with Crippen molar-refractivity contribution in [1.29, 1.82) is 0 Å². The summed E-state index contributed by atoms with van der Waals surface area (Å²) < 4.78 is 26.6.